The van der Waals surface area contributed by atoms with Crippen LogP contribution < -0.4 is 5.32 Å². The summed E-state index contributed by atoms with van der Waals surface area (Å²) in [7, 11) is -2.86. The zero-order chi connectivity index (χ0) is 20.3. The first-order valence-electron chi connectivity index (χ1n) is 10.7. The van der Waals surface area contributed by atoms with E-state index in [1.807, 2.05) is 0 Å². The van der Waals surface area contributed by atoms with E-state index in [0.29, 0.717) is 18.3 Å². The number of fused-ring (bicyclic) bond motifs is 1. The minimum Gasteiger partial charge on any atom is -0.373 e. The Balaban J connectivity index is 0.00000256. The summed E-state index contributed by atoms with van der Waals surface area (Å²) < 4.78 is 29.5. The summed E-state index contributed by atoms with van der Waals surface area (Å²) in [5.41, 5.74) is 1.33. The number of hydrogen-bond donors (Lipinski definition) is 1. The highest BCUT2D eigenvalue weighted by Gasteiger charge is 2.41. The van der Waals surface area contributed by atoms with Crippen LogP contribution in [0.15, 0.2) is 35.3 Å². The molecule has 3 unspecified atom stereocenters. The molecule has 0 saturated carbocycles. The van der Waals surface area contributed by atoms with Gasteiger partial charge in [0.1, 0.15) is 0 Å². The summed E-state index contributed by atoms with van der Waals surface area (Å²) in [4.78, 5) is 9.61. The molecule has 9 heteroatoms. The first-order valence-corrected chi connectivity index (χ1v) is 12.5. The first-order chi connectivity index (χ1) is 14.0. The Kier molecular flexibility index (Phi) is 8.39. The van der Waals surface area contributed by atoms with E-state index in [1.54, 1.807) is 0 Å². The number of guanidine groups is 1. The predicted octanol–water partition coefficient (Wildman–Crippen LogP) is 1.59. The molecule has 0 spiro atoms. The second kappa shape index (κ2) is 10.6. The van der Waals surface area contributed by atoms with Crippen molar-refractivity contribution in [1.82, 2.24) is 15.1 Å². The molecule has 1 N–H and O–H groups in total. The first kappa shape index (κ1) is 23.7. The Morgan fingerprint density at radius 3 is 2.77 bits per heavy atom. The number of aliphatic imine (C=N–C) groups is 1. The van der Waals surface area contributed by atoms with Crippen LogP contribution in [0, 0.1) is 5.92 Å². The fourth-order valence-electron chi connectivity index (χ4n) is 4.60. The lowest BCUT2D eigenvalue weighted by molar-refractivity contribution is -0.0502. The van der Waals surface area contributed by atoms with E-state index < -0.39 is 9.84 Å². The normalized spacial score (nSPS) is 28.8. The van der Waals surface area contributed by atoms with Crippen molar-refractivity contribution in [3.63, 3.8) is 0 Å². The van der Waals surface area contributed by atoms with E-state index in [2.05, 4.69) is 52.4 Å². The third kappa shape index (κ3) is 5.86. The minimum atomic E-state index is -2.86. The smallest absolute Gasteiger partial charge is 0.194 e. The SMILES string of the molecule is CCNC(=NCC1CCS(=O)(=O)C1)N1CC2OCCN(Cc3ccccc3)C2C1.I. The zero-order valence-corrected chi connectivity index (χ0v) is 20.7. The molecule has 168 valence electrons. The Morgan fingerprint density at radius 1 is 1.27 bits per heavy atom. The van der Waals surface area contributed by atoms with Crippen molar-refractivity contribution < 1.29 is 13.2 Å². The molecule has 30 heavy (non-hydrogen) atoms. The molecule has 0 bridgehead atoms. The van der Waals surface area contributed by atoms with Crippen LogP contribution in [0.3, 0.4) is 0 Å². The van der Waals surface area contributed by atoms with Crippen LogP contribution in [0.2, 0.25) is 0 Å². The van der Waals surface area contributed by atoms with Gasteiger partial charge in [0, 0.05) is 39.3 Å². The number of benzene rings is 1. The van der Waals surface area contributed by atoms with Crippen molar-refractivity contribution in [2.75, 3.05) is 50.8 Å². The molecule has 3 aliphatic heterocycles. The maximum absolute atomic E-state index is 11.7. The van der Waals surface area contributed by atoms with Crippen molar-refractivity contribution >= 4 is 39.8 Å². The molecule has 3 atom stereocenters. The fraction of sp³-hybridized carbons (Fsp3) is 0.667. The largest absolute Gasteiger partial charge is 0.373 e. The monoisotopic (exact) mass is 548 g/mol. The van der Waals surface area contributed by atoms with Gasteiger partial charge in [0.05, 0.1) is 30.3 Å². The van der Waals surface area contributed by atoms with E-state index >= 15 is 0 Å². The number of nitrogens with zero attached hydrogens (tertiary/aromatic N) is 3. The molecule has 0 radical (unpaired) electrons. The Labute approximate surface area is 197 Å². The van der Waals surface area contributed by atoms with Gasteiger partial charge in [0.25, 0.3) is 0 Å². The van der Waals surface area contributed by atoms with Gasteiger partial charge < -0.3 is 15.0 Å². The maximum Gasteiger partial charge on any atom is 0.194 e. The number of hydrogen-bond acceptors (Lipinski definition) is 5. The van der Waals surface area contributed by atoms with Crippen LogP contribution >= 0.6 is 24.0 Å². The van der Waals surface area contributed by atoms with Gasteiger partial charge in [-0.15, -0.1) is 24.0 Å². The standard InChI is InChI=1S/C21H32N4O3S.HI/c1-2-22-21(23-12-18-8-11-29(26,27)16-18)25-14-19-20(15-25)28-10-9-24(19)13-17-6-4-3-5-7-17;/h3-7,18-20H,2,8-16H2,1H3,(H,22,23);1H. The van der Waals surface area contributed by atoms with E-state index in [4.69, 9.17) is 9.73 Å². The summed E-state index contributed by atoms with van der Waals surface area (Å²) in [6.07, 6.45) is 0.910. The number of halogens is 1. The number of ether oxygens (including phenoxy) is 1. The Morgan fingerprint density at radius 2 is 2.07 bits per heavy atom. The molecule has 1 aromatic rings. The third-order valence-electron chi connectivity index (χ3n) is 6.11. The molecule has 7 nitrogen and oxygen atoms in total. The lowest BCUT2D eigenvalue weighted by Gasteiger charge is -2.36. The van der Waals surface area contributed by atoms with Gasteiger partial charge in [-0.3, -0.25) is 9.89 Å². The van der Waals surface area contributed by atoms with E-state index in [-0.39, 0.29) is 41.8 Å². The van der Waals surface area contributed by atoms with Crippen LogP contribution in [-0.2, 0) is 21.1 Å². The number of nitrogens with one attached hydrogen (secondary N) is 1. The summed E-state index contributed by atoms with van der Waals surface area (Å²) in [6, 6.07) is 10.9. The molecular weight excluding hydrogens is 515 g/mol. The van der Waals surface area contributed by atoms with Gasteiger partial charge in [-0.05, 0) is 24.8 Å². The van der Waals surface area contributed by atoms with Crippen molar-refractivity contribution in [2.24, 2.45) is 10.9 Å². The van der Waals surface area contributed by atoms with E-state index in [1.165, 1.54) is 5.56 Å². The van der Waals surface area contributed by atoms with Gasteiger partial charge >= 0.3 is 0 Å². The highest BCUT2D eigenvalue weighted by molar-refractivity contribution is 14.0. The number of likely N-dealkylation sites (tertiary alicyclic amines) is 1. The molecule has 0 aliphatic carbocycles. The summed E-state index contributed by atoms with van der Waals surface area (Å²) in [6.45, 7) is 7.78. The molecular formula is C21H33IN4O3S. The van der Waals surface area contributed by atoms with Crippen LogP contribution in [0.1, 0.15) is 18.9 Å². The van der Waals surface area contributed by atoms with Crippen LogP contribution in [0.4, 0.5) is 0 Å². The fourth-order valence-corrected chi connectivity index (χ4v) is 6.45. The van der Waals surface area contributed by atoms with Crippen molar-refractivity contribution in [1.29, 1.82) is 0 Å². The lowest BCUT2D eigenvalue weighted by Crippen LogP contribution is -2.50. The molecule has 1 aromatic carbocycles. The van der Waals surface area contributed by atoms with Crippen molar-refractivity contribution in [2.45, 2.75) is 32.0 Å². The van der Waals surface area contributed by atoms with Crippen molar-refractivity contribution in [3.05, 3.63) is 35.9 Å². The summed E-state index contributed by atoms with van der Waals surface area (Å²) in [5.74, 6) is 1.61. The number of rotatable bonds is 5. The predicted molar refractivity (Wildman–Crippen MR) is 130 cm³/mol. The summed E-state index contributed by atoms with van der Waals surface area (Å²) in [5, 5.41) is 3.40. The Bertz CT molecular complexity index is 821. The van der Waals surface area contributed by atoms with E-state index in [0.717, 1.165) is 51.7 Å². The average molecular weight is 548 g/mol. The van der Waals surface area contributed by atoms with Crippen LogP contribution in [0.25, 0.3) is 0 Å². The van der Waals surface area contributed by atoms with Gasteiger partial charge in [-0.1, -0.05) is 30.3 Å². The van der Waals surface area contributed by atoms with Crippen LogP contribution in [0.5, 0.6) is 0 Å². The second-order valence-corrected chi connectivity index (χ2v) is 10.5. The average Bonchev–Trinajstić information content (AvgIpc) is 3.29. The number of sulfone groups is 1. The molecule has 3 heterocycles. The lowest BCUT2D eigenvalue weighted by atomic mass is 10.1. The van der Waals surface area contributed by atoms with Gasteiger partial charge in [-0.2, -0.15) is 0 Å². The summed E-state index contributed by atoms with van der Waals surface area (Å²) >= 11 is 0. The van der Waals surface area contributed by atoms with Crippen LogP contribution in [-0.4, -0.2) is 87.2 Å². The maximum atomic E-state index is 11.7. The zero-order valence-electron chi connectivity index (χ0n) is 17.6. The molecule has 3 fully saturated rings. The van der Waals surface area contributed by atoms with Gasteiger partial charge in [0.2, 0.25) is 0 Å². The molecule has 4 rings (SSSR count). The van der Waals surface area contributed by atoms with Gasteiger partial charge in [0.15, 0.2) is 15.8 Å². The highest BCUT2D eigenvalue weighted by Crippen LogP contribution is 2.25. The molecule has 3 aliphatic rings. The topological polar surface area (TPSA) is 74.2 Å². The highest BCUT2D eigenvalue weighted by atomic mass is 127. The van der Waals surface area contributed by atoms with E-state index in [9.17, 15) is 8.42 Å². The van der Waals surface area contributed by atoms with Crippen molar-refractivity contribution in [3.8, 4) is 0 Å². The minimum absolute atomic E-state index is 0. The third-order valence-corrected chi connectivity index (χ3v) is 7.94. The number of morpholine rings is 1. The second-order valence-electron chi connectivity index (χ2n) is 8.30. The molecule has 3 saturated heterocycles. The quantitative estimate of drug-likeness (QED) is 0.343. The molecule has 0 aromatic heterocycles. The Hall–Kier alpha value is -0.910. The van der Waals surface area contributed by atoms with Gasteiger partial charge in [-0.25, -0.2) is 8.42 Å². The molecule has 0 amide bonds.